The van der Waals surface area contributed by atoms with Crippen molar-refractivity contribution in [2.24, 2.45) is 0 Å². The number of hydrogen-bond donors (Lipinski definition) is 0. The fraction of sp³-hybridized carbons (Fsp3) is 0.238. The third-order valence-electron chi connectivity index (χ3n) is 4.66. The van der Waals surface area contributed by atoms with Crippen LogP contribution in [-0.2, 0) is 6.61 Å². The second kappa shape index (κ2) is 8.64. The lowest BCUT2D eigenvalue weighted by Crippen LogP contribution is -2.46. The first-order chi connectivity index (χ1) is 14.1. The molecule has 0 unspecified atom stereocenters. The quantitative estimate of drug-likeness (QED) is 0.583. The molecule has 1 saturated heterocycles. The summed E-state index contributed by atoms with van der Waals surface area (Å²) in [6.45, 7) is 3.13. The van der Waals surface area contributed by atoms with Crippen LogP contribution in [-0.4, -0.2) is 31.2 Å². The highest BCUT2D eigenvalue weighted by molar-refractivity contribution is 6.31. The van der Waals surface area contributed by atoms with Crippen molar-refractivity contribution in [3.63, 3.8) is 0 Å². The van der Waals surface area contributed by atoms with Gasteiger partial charge in [0.2, 0.25) is 17.5 Å². The van der Waals surface area contributed by atoms with Crippen LogP contribution in [0.15, 0.2) is 52.9 Å². The monoisotopic (exact) mass is 428 g/mol. The van der Waals surface area contributed by atoms with Gasteiger partial charge >= 0.3 is 0 Å². The second-order valence-electron chi connectivity index (χ2n) is 6.57. The third-order valence-corrected chi connectivity index (χ3v) is 5.13. The van der Waals surface area contributed by atoms with E-state index in [-0.39, 0.29) is 12.3 Å². The van der Waals surface area contributed by atoms with Crippen molar-refractivity contribution in [1.82, 2.24) is 4.98 Å². The van der Waals surface area contributed by atoms with Crippen LogP contribution in [0.5, 0.6) is 5.75 Å². The van der Waals surface area contributed by atoms with Crippen LogP contribution >= 0.6 is 23.2 Å². The Morgan fingerprint density at radius 3 is 2.38 bits per heavy atom. The number of anilines is 2. The predicted molar refractivity (Wildman–Crippen MR) is 113 cm³/mol. The fourth-order valence-electron chi connectivity index (χ4n) is 3.25. The Kier molecular flexibility index (Phi) is 5.79. The molecule has 0 aliphatic carbocycles. The van der Waals surface area contributed by atoms with Crippen molar-refractivity contribution >= 4 is 34.8 Å². The zero-order valence-corrected chi connectivity index (χ0v) is 17.0. The van der Waals surface area contributed by atoms with Gasteiger partial charge in [-0.2, -0.15) is 10.2 Å². The Hall–Kier alpha value is -2.88. The molecule has 1 aromatic heterocycles. The number of hydrogen-bond acceptors (Lipinski definition) is 6. The van der Waals surface area contributed by atoms with Gasteiger partial charge in [0, 0.05) is 41.9 Å². The lowest BCUT2D eigenvalue weighted by molar-refractivity contribution is 0.263. The van der Waals surface area contributed by atoms with Gasteiger partial charge in [-0.25, -0.2) is 0 Å². The zero-order valence-electron chi connectivity index (χ0n) is 15.5. The molecule has 0 radical (unpaired) electrons. The van der Waals surface area contributed by atoms with Gasteiger partial charge in [0.1, 0.15) is 11.8 Å². The van der Waals surface area contributed by atoms with E-state index < -0.39 is 0 Å². The molecule has 0 N–H and O–H groups in total. The van der Waals surface area contributed by atoms with Crippen molar-refractivity contribution < 1.29 is 9.15 Å². The number of halogens is 2. The Morgan fingerprint density at radius 1 is 1.00 bits per heavy atom. The summed E-state index contributed by atoms with van der Waals surface area (Å²) in [5.74, 6) is 1.46. The van der Waals surface area contributed by atoms with E-state index in [1.807, 2.05) is 29.2 Å². The Balaban J connectivity index is 1.42. The third kappa shape index (κ3) is 4.58. The number of oxazole rings is 1. The summed E-state index contributed by atoms with van der Waals surface area (Å²) in [5.41, 5.74) is 1.36. The van der Waals surface area contributed by atoms with Crippen molar-refractivity contribution in [2.75, 3.05) is 36.0 Å². The topological polar surface area (TPSA) is 65.5 Å². The Labute approximate surface area is 178 Å². The summed E-state index contributed by atoms with van der Waals surface area (Å²) in [6, 6.07) is 17.0. The summed E-state index contributed by atoms with van der Waals surface area (Å²) >= 11 is 12.1. The molecule has 0 bridgehead atoms. The van der Waals surface area contributed by atoms with Crippen LogP contribution in [0.4, 0.5) is 11.6 Å². The van der Waals surface area contributed by atoms with Gasteiger partial charge in [0.15, 0.2) is 6.61 Å². The minimum absolute atomic E-state index is 0.123. The van der Waals surface area contributed by atoms with E-state index in [9.17, 15) is 5.26 Å². The number of benzene rings is 2. The first-order valence-electron chi connectivity index (χ1n) is 9.16. The summed E-state index contributed by atoms with van der Waals surface area (Å²) in [4.78, 5) is 8.57. The van der Waals surface area contributed by atoms with E-state index >= 15 is 0 Å². The van der Waals surface area contributed by atoms with Gasteiger partial charge in [-0.3, -0.25) is 0 Å². The SMILES string of the molecule is N#Cc1nc(COc2cccc(Cl)c2)oc1N1CCN(c2cccc(Cl)c2)CC1. The zero-order chi connectivity index (χ0) is 20.2. The molecule has 29 heavy (non-hydrogen) atoms. The van der Waals surface area contributed by atoms with E-state index in [0.29, 0.717) is 35.6 Å². The van der Waals surface area contributed by atoms with Gasteiger partial charge in [0.05, 0.1) is 0 Å². The van der Waals surface area contributed by atoms with Gasteiger partial charge in [-0.15, -0.1) is 0 Å². The molecule has 148 valence electrons. The maximum atomic E-state index is 9.46. The predicted octanol–water partition coefficient (Wildman–Crippen LogP) is 4.76. The molecular weight excluding hydrogens is 411 g/mol. The van der Waals surface area contributed by atoms with Crippen LogP contribution in [0.2, 0.25) is 10.0 Å². The largest absolute Gasteiger partial charge is 0.484 e. The maximum absolute atomic E-state index is 9.46. The van der Waals surface area contributed by atoms with Crippen LogP contribution in [0.1, 0.15) is 11.6 Å². The molecule has 8 heteroatoms. The number of rotatable bonds is 5. The van der Waals surface area contributed by atoms with E-state index in [1.54, 1.807) is 24.3 Å². The average molecular weight is 429 g/mol. The molecule has 6 nitrogen and oxygen atoms in total. The highest BCUT2D eigenvalue weighted by atomic mass is 35.5. The first-order valence-corrected chi connectivity index (χ1v) is 9.91. The van der Waals surface area contributed by atoms with E-state index in [0.717, 1.165) is 23.8 Å². The van der Waals surface area contributed by atoms with Gasteiger partial charge in [0.25, 0.3) is 0 Å². The van der Waals surface area contributed by atoms with Crippen molar-refractivity contribution in [3.8, 4) is 11.8 Å². The molecule has 4 rings (SSSR count). The van der Waals surface area contributed by atoms with Crippen LogP contribution in [0, 0.1) is 11.3 Å². The van der Waals surface area contributed by atoms with Gasteiger partial charge < -0.3 is 19.0 Å². The van der Waals surface area contributed by atoms with Gasteiger partial charge in [-0.05, 0) is 36.4 Å². The molecular formula is C21H18Cl2N4O2. The van der Waals surface area contributed by atoms with Crippen LogP contribution in [0.25, 0.3) is 0 Å². The standard InChI is InChI=1S/C21H18Cl2N4O2/c22-15-3-1-5-17(11-15)26-7-9-27(10-8-26)21-19(13-24)25-20(29-21)14-28-18-6-2-4-16(23)12-18/h1-6,11-12H,7-10,14H2. The number of nitrogens with zero attached hydrogens (tertiary/aromatic N) is 4. The Morgan fingerprint density at radius 2 is 1.69 bits per heavy atom. The molecule has 1 aliphatic heterocycles. The van der Waals surface area contributed by atoms with Crippen LogP contribution in [0.3, 0.4) is 0 Å². The molecule has 0 amide bonds. The molecule has 0 atom stereocenters. The van der Waals surface area contributed by atoms with Gasteiger partial charge in [-0.1, -0.05) is 35.3 Å². The number of nitriles is 1. The summed E-state index contributed by atoms with van der Waals surface area (Å²) in [6.07, 6.45) is 0. The van der Waals surface area contributed by atoms with Crippen LogP contribution < -0.4 is 14.5 Å². The summed E-state index contributed by atoms with van der Waals surface area (Å²) < 4.78 is 11.5. The lowest BCUT2D eigenvalue weighted by Gasteiger charge is -2.35. The number of ether oxygens (including phenoxy) is 1. The molecule has 2 aromatic carbocycles. The molecule has 1 fully saturated rings. The second-order valence-corrected chi connectivity index (χ2v) is 7.45. The number of piperazine rings is 1. The number of aromatic nitrogens is 1. The minimum Gasteiger partial charge on any atom is -0.484 e. The minimum atomic E-state index is 0.123. The van der Waals surface area contributed by atoms with Crippen molar-refractivity contribution in [3.05, 3.63) is 70.2 Å². The van der Waals surface area contributed by atoms with E-state index in [4.69, 9.17) is 32.4 Å². The molecule has 0 saturated carbocycles. The van der Waals surface area contributed by atoms with E-state index in [2.05, 4.69) is 16.0 Å². The summed E-state index contributed by atoms with van der Waals surface area (Å²) in [5, 5.41) is 10.8. The van der Waals surface area contributed by atoms with E-state index in [1.165, 1.54) is 0 Å². The first kappa shape index (κ1) is 19.4. The highest BCUT2D eigenvalue weighted by Crippen LogP contribution is 2.27. The lowest BCUT2D eigenvalue weighted by atomic mass is 10.2. The molecule has 0 spiro atoms. The van der Waals surface area contributed by atoms with Crippen molar-refractivity contribution in [2.45, 2.75) is 6.61 Å². The summed E-state index contributed by atoms with van der Waals surface area (Å²) in [7, 11) is 0. The maximum Gasteiger partial charge on any atom is 0.236 e. The fourth-order valence-corrected chi connectivity index (χ4v) is 3.61. The molecule has 1 aliphatic rings. The average Bonchev–Trinajstić information content (AvgIpc) is 3.16. The smallest absolute Gasteiger partial charge is 0.236 e. The normalized spacial score (nSPS) is 14.0. The Bertz CT molecular complexity index is 1040. The highest BCUT2D eigenvalue weighted by Gasteiger charge is 2.24. The molecule has 2 heterocycles. The molecule has 3 aromatic rings. The van der Waals surface area contributed by atoms with Crippen molar-refractivity contribution in [1.29, 1.82) is 5.26 Å².